The molecule has 0 radical (unpaired) electrons. The van der Waals surface area contributed by atoms with Gasteiger partial charge in [0, 0.05) is 29.1 Å². The molecule has 0 unspecified atom stereocenters. The third-order valence-corrected chi connectivity index (χ3v) is 3.58. The highest BCUT2D eigenvalue weighted by Gasteiger charge is 2.05. The molecule has 0 aromatic carbocycles. The molecule has 2 aromatic heterocycles. The second-order valence-corrected chi connectivity index (χ2v) is 5.70. The van der Waals surface area contributed by atoms with Crippen molar-refractivity contribution in [3.63, 3.8) is 0 Å². The first-order chi connectivity index (χ1) is 8.65. The first-order valence-corrected chi connectivity index (χ1v) is 7.15. The topological polar surface area (TPSA) is 37.8 Å². The molecule has 2 aromatic rings. The fraction of sp³-hybridized carbons (Fsp3) is 0.429. The lowest BCUT2D eigenvalue weighted by Crippen LogP contribution is -2.09. The summed E-state index contributed by atoms with van der Waals surface area (Å²) in [6.07, 6.45) is 1.04. The van der Waals surface area contributed by atoms with Gasteiger partial charge >= 0.3 is 0 Å². The summed E-state index contributed by atoms with van der Waals surface area (Å²) in [7, 11) is 0. The number of nitrogens with one attached hydrogen (secondary N) is 1. The summed E-state index contributed by atoms with van der Waals surface area (Å²) in [4.78, 5) is 10.4. The highest BCUT2D eigenvalue weighted by Crippen LogP contribution is 2.14. The number of hydrogen-bond acceptors (Lipinski definition) is 4. The van der Waals surface area contributed by atoms with Gasteiger partial charge < -0.3 is 5.32 Å². The molecule has 0 spiro atoms. The van der Waals surface area contributed by atoms with Gasteiger partial charge in [0.1, 0.15) is 11.6 Å². The molecule has 0 atom stereocenters. The molecule has 0 aliphatic carbocycles. The Kier molecular flexibility index (Phi) is 4.31. The van der Waals surface area contributed by atoms with E-state index in [0.717, 1.165) is 30.3 Å². The zero-order valence-electron chi connectivity index (χ0n) is 11.1. The molecule has 0 aliphatic rings. The van der Waals surface area contributed by atoms with Crippen LogP contribution in [0.5, 0.6) is 0 Å². The quantitative estimate of drug-likeness (QED) is 0.893. The number of hydrogen-bond donors (Lipinski definition) is 1. The van der Waals surface area contributed by atoms with Crippen LogP contribution in [0.25, 0.3) is 0 Å². The van der Waals surface area contributed by atoms with E-state index in [4.69, 9.17) is 0 Å². The number of anilines is 1. The van der Waals surface area contributed by atoms with Crippen LogP contribution in [0.15, 0.2) is 23.6 Å². The van der Waals surface area contributed by atoms with E-state index in [2.05, 4.69) is 46.6 Å². The van der Waals surface area contributed by atoms with E-state index in [0.29, 0.717) is 5.92 Å². The van der Waals surface area contributed by atoms with Crippen molar-refractivity contribution in [2.45, 2.75) is 33.1 Å². The molecule has 2 heterocycles. The van der Waals surface area contributed by atoms with Gasteiger partial charge in [0.2, 0.25) is 0 Å². The van der Waals surface area contributed by atoms with Crippen molar-refractivity contribution in [1.82, 2.24) is 9.97 Å². The molecule has 0 bridgehead atoms. The van der Waals surface area contributed by atoms with E-state index in [1.165, 1.54) is 4.88 Å². The van der Waals surface area contributed by atoms with Crippen LogP contribution in [0.2, 0.25) is 0 Å². The van der Waals surface area contributed by atoms with Crippen LogP contribution in [-0.2, 0) is 6.42 Å². The minimum absolute atomic E-state index is 0.364. The van der Waals surface area contributed by atoms with Gasteiger partial charge in [-0.1, -0.05) is 19.9 Å². The summed E-state index contributed by atoms with van der Waals surface area (Å²) < 4.78 is 0. The van der Waals surface area contributed by atoms with Crippen LogP contribution >= 0.6 is 11.3 Å². The van der Waals surface area contributed by atoms with Crippen LogP contribution < -0.4 is 5.32 Å². The Bertz CT molecular complexity index is 492. The summed E-state index contributed by atoms with van der Waals surface area (Å²) >= 11 is 1.80. The third-order valence-electron chi connectivity index (χ3n) is 2.65. The van der Waals surface area contributed by atoms with Gasteiger partial charge in [-0.2, -0.15) is 0 Å². The smallest absolute Gasteiger partial charge is 0.133 e. The van der Waals surface area contributed by atoms with Crippen molar-refractivity contribution in [3.8, 4) is 0 Å². The lowest BCUT2D eigenvalue weighted by molar-refractivity contribution is 0.766. The fourth-order valence-corrected chi connectivity index (χ4v) is 2.42. The molecular formula is C14H19N3S. The summed E-state index contributed by atoms with van der Waals surface area (Å²) in [5, 5.41) is 5.49. The fourth-order valence-electron chi connectivity index (χ4n) is 1.71. The maximum Gasteiger partial charge on any atom is 0.133 e. The Morgan fingerprint density at radius 3 is 2.83 bits per heavy atom. The Morgan fingerprint density at radius 2 is 2.17 bits per heavy atom. The molecule has 0 aliphatic heterocycles. The first-order valence-electron chi connectivity index (χ1n) is 6.27. The normalized spacial score (nSPS) is 10.9. The molecule has 0 saturated carbocycles. The summed E-state index contributed by atoms with van der Waals surface area (Å²) in [5.41, 5.74) is 1.02. The van der Waals surface area contributed by atoms with Crippen LogP contribution in [0, 0.1) is 6.92 Å². The van der Waals surface area contributed by atoms with Gasteiger partial charge in [-0.05, 0) is 24.8 Å². The van der Waals surface area contributed by atoms with E-state index in [1.54, 1.807) is 11.3 Å². The Labute approximate surface area is 112 Å². The molecule has 4 heteroatoms. The first kappa shape index (κ1) is 13.0. The lowest BCUT2D eigenvalue weighted by atomic mass is 10.2. The molecule has 2 rings (SSSR count). The van der Waals surface area contributed by atoms with Crippen molar-refractivity contribution >= 4 is 17.2 Å². The summed E-state index contributed by atoms with van der Waals surface area (Å²) in [6.45, 7) is 7.15. The average Bonchev–Trinajstić information content (AvgIpc) is 2.81. The van der Waals surface area contributed by atoms with E-state index >= 15 is 0 Å². The van der Waals surface area contributed by atoms with Gasteiger partial charge in [0.05, 0.1) is 0 Å². The molecule has 0 fully saturated rings. The van der Waals surface area contributed by atoms with Crippen molar-refractivity contribution in [2.75, 3.05) is 11.9 Å². The zero-order valence-corrected chi connectivity index (χ0v) is 11.9. The molecule has 1 N–H and O–H groups in total. The summed E-state index contributed by atoms with van der Waals surface area (Å²) in [6, 6.07) is 6.25. The second-order valence-electron chi connectivity index (χ2n) is 4.66. The maximum atomic E-state index is 4.53. The van der Waals surface area contributed by atoms with Crippen molar-refractivity contribution in [1.29, 1.82) is 0 Å². The lowest BCUT2D eigenvalue weighted by Gasteiger charge is -2.09. The monoisotopic (exact) mass is 261 g/mol. The standard InChI is InChI=1S/C14H19N3S/c1-10(2)14-16-11(3)9-13(17-14)15-7-6-12-5-4-8-18-12/h4-5,8-10H,6-7H2,1-3H3,(H,15,16,17). The molecular weight excluding hydrogens is 242 g/mol. The maximum absolute atomic E-state index is 4.53. The Hall–Kier alpha value is -1.42. The predicted molar refractivity (Wildman–Crippen MR) is 77.4 cm³/mol. The number of aryl methyl sites for hydroxylation is 1. The second kappa shape index (κ2) is 5.96. The van der Waals surface area contributed by atoms with Crippen LogP contribution in [-0.4, -0.2) is 16.5 Å². The minimum atomic E-state index is 0.364. The van der Waals surface area contributed by atoms with Crippen LogP contribution in [0.4, 0.5) is 5.82 Å². The van der Waals surface area contributed by atoms with Crippen molar-refractivity contribution < 1.29 is 0 Å². The number of aromatic nitrogens is 2. The SMILES string of the molecule is Cc1cc(NCCc2cccs2)nc(C(C)C)n1. The largest absolute Gasteiger partial charge is 0.370 e. The third kappa shape index (κ3) is 3.53. The van der Waals surface area contributed by atoms with Crippen molar-refractivity contribution in [2.24, 2.45) is 0 Å². The zero-order chi connectivity index (χ0) is 13.0. The molecule has 18 heavy (non-hydrogen) atoms. The van der Waals surface area contributed by atoms with Crippen LogP contribution in [0.3, 0.4) is 0 Å². The molecule has 3 nitrogen and oxygen atoms in total. The Morgan fingerprint density at radius 1 is 1.33 bits per heavy atom. The average molecular weight is 261 g/mol. The predicted octanol–water partition coefficient (Wildman–Crippen LogP) is 3.62. The number of rotatable bonds is 5. The number of nitrogens with zero attached hydrogens (tertiary/aromatic N) is 2. The van der Waals surface area contributed by atoms with Gasteiger partial charge in [0.25, 0.3) is 0 Å². The molecule has 0 amide bonds. The van der Waals surface area contributed by atoms with E-state index < -0.39 is 0 Å². The minimum Gasteiger partial charge on any atom is -0.370 e. The van der Waals surface area contributed by atoms with E-state index in [9.17, 15) is 0 Å². The Balaban J connectivity index is 1.96. The van der Waals surface area contributed by atoms with Gasteiger partial charge in [-0.15, -0.1) is 11.3 Å². The van der Waals surface area contributed by atoms with Crippen molar-refractivity contribution in [3.05, 3.63) is 40.0 Å². The van der Waals surface area contributed by atoms with E-state index in [1.807, 2.05) is 13.0 Å². The highest BCUT2D eigenvalue weighted by molar-refractivity contribution is 7.09. The van der Waals surface area contributed by atoms with E-state index in [-0.39, 0.29) is 0 Å². The molecule has 96 valence electrons. The highest BCUT2D eigenvalue weighted by atomic mass is 32.1. The number of thiophene rings is 1. The van der Waals surface area contributed by atoms with Crippen LogP contribution in [0.1, 0.15) is 36.2 Å². The molecule has 0 saturated heterocycles. The van der Waals surface area contributed by atoms with Gasteiger partial charge in [-0.3, -0.25) is 0 Å². The summed E-state index contributed by atoms with van der Waals surface area (Å²) in [5.74, 6) is 2.21. The van der Waals surface area contributed by atoms with Gasteiger partial charge in [0.15, 0.2) is 0 Å². The van der Waals surface area contributed by atoms with Gasteiger partial charge in [-0.25, -0.2) is 9.97 Å².